The SMILES string of the molecule is CC(C)(C)OC(=O)N1CC[C@@H]([S@](=O)c2ncc(F)cn2)C1. The molecule has 0 N–H and O–H groups in total. The van der Waals surface area contributed by atoms with Crippen LogP contribution in [0.2, 0.25) is 0 Å². The quantitative estimate of drug-likeness (QED) is 0.777. The fraction of sp³-hybridized carbons (Fsp3) is 0.615. The normalized spacial score (nSPS) is 20.4. The number of hydrogen-bond acceptors (Lipinski definition) is 5. The number of halogens is 1. The second-order valence-corrected chi connectivity index (χ2v) is 7.44. The van der Waals surface area contributed by atoms with E-state index in [1.165, 1.54) is 4.90 Å². The van der Waals surface area contributed by atoms with E-state index in [9.17, 15) is 13.4 Å². The van der Waals surface area contributed by atoms with Crippen molar-refractivity contribution in [1.82, 2.24) is 14.9 Å². The monoisotopic (exact) mass is 315 g/mol. The van der Waals surface area contributed by atoms with Crippen LogP contribution in [0.4, 0.5) is 9.18 Å². The molecule has 0 spiro atoms. The average molecular weight is 315 g/mol. The Balaban J connectivity index is 1.97. The molecular formula is C13H18FN3O3S. The molecule has 0 aromatic carbocycles. The molecule has 2 heterocycles. The summed E-state index contributed by atoms with van der Waals surface area (Å²) in [6.45, 7) is 6.18. The fourth-order valence-corrected chi connectivity index (χ4v) is 3.19. The van der Waals surface area contributed by atoms with Gasteiger partial charge in [-0.2, -0.15) is 0 Å². The lowest BCUT2D eigenvalue weighted by atomic mass is 10.2. The second kappa shape index (κ2) is 6.05. The molecular weight excluding hydrogens is 297 g/mol. The van der Waals surface area contributed by atoms with Crippen molar-refractivity contribution >= 4 is 16.9 Å². The van der Waals surface area contributed by atoms with E-state index in [4.69, 9.17) is 4.74 Å². The summed E-state index contributed by atoms with van der Waals surface area (Å²) in [7, 11) is -1.47. The van der Waals surface area contributed by atoms with Crippen molar-refractivity contribution in [3.05, 3.63) is 18.2 Å². The molecule has 1 aliphatic rings. The summed E-state index contributed by atoms with van der Waals surface area (Å²) >= 11 is 0. The number of aromatic nitrogens is 2. The first kappa shape index (κ1) is 15.8. The van der Waals surface area contributed by atoms with Gasteiger partial charge in [0.15, 0.2) is 5.82 Å². The molecule has 0 bridgehead atoms. The third-order valence-electron chi connectivity index (χ3n) is 2.88. The maximum atomic E-state index is 12.8. The highest BCUT2D eigenvalue weighted by Gasteiger charge is 2.34. The molecule has 8 heteroatoms. The van der Waals surface area contributed by atoms with E-state index in [-0.39, 0.29) is 10.4 Å². The molecule has 0 unspecified atom stereocenters. The van der Waals surface area contributed by atoms with Crippen LogP contribution in [0, 0.1) is 5.82 Å². The van der Waals surface area contributed by atoms with Crippen molar-refractivity contribution in [3.8, 4) is 0 Å². The number of ether oxygens (including phenoxy) is 1. The van der Waals surface area contributed by atoms with Gasteiger partial charge in [0.1, 0.15) is 5.60 Å². The molecule has 116 valence electrons. The van der Waals surface area contributed by atoms with Gasteiger partial charge in [-0.3, -0.25) is 4.21 Å². The largest absolute Gasteiger partial charge is 0.444 e. The van der Waals surface area contributed by atoms with Crippen LogP contribution in [0.25, 0.3) is 0 Å². The van der Waals surface area contributed by atoms with Crippen molar-refractivity contribution < 1.29 is 18.1 Å². The van der Waals surface area contributed by atoms with Gasteiger partial charge in [0, 0.05) is 13.1 Å². The standard InChI is InChI=1S/C13H18FN3O3S/c1-13(2,3)20-12(18)17-5-4-10(8-17)21(19)11-15-6-9(14)7-16-11/h6-7,10H,4-5,8H2,1-3H3/t10-,21+/m1/s1. The summed E-state index contributed by atoms with van der Waals surface area (Å²) in [6, 6.07) is 0. The lowest BCUT2D eigenvalue weighted by molar-refractivity contribution is 0.0295. The van der Waals surface area contributed by atoms with Gasteiger partial charge in [-0.25, -0.2) is 19.2 Å². The summed E-state index contributed by atoms with van der Waals surface area (Å²) in [5.41, 5.74) is -0.561. The zero-order valence-electron chi connectivity index (χ0n) is 12.2. The predicted molar refractivity (Wildman–Crippen MR) is 74.6 cm³/mol. The molecule has 0 saturated carbocycles. The number of hydrogen-bond donors (Lipinski definition) is 0. The Kier molecular flexibility index (Phi) is 4.55. The summed E-state index contributed by atoms with van der Waals surface area (Å²) in [4.78, 5) is 20.9. The molecule has 0 radical (unpaired) electrons. The molecule has 0 aliphatic carbocycles. The van der Waals surface area contributed by atoms with Crippen LogP contribution < -0.4 is 0 Å². The summed E-state index contributed by atoms with van der Waals surface area (Å²) in [5.74, 6) is -0.572. The van der Waals surface area contributed by atoms with Crippen molar-refractivity contribution in [2.75, 3.05) is 13.1 Å². The molecule has 6 nitrogen and oxygen atoms in total. The zero-order valence-corrected chi connectivity index (χ0v) is 13.0. The number of carbonyl (C=O) groups is 1. The molecule has 1 aliphatic heterocycles. The van der Waals surface area contributed by atoms with E-state index in [0.29, 0.717) is 19.5 Å². The number of nitrogens with zero attached hydrogens (tertiary/aromatic N) is 3. The Morgan fingerprint density at radius 2 is 2.05 bits per heavy atom. The van der Waals surface area contributed by atoms with E-state index in [0.717, 1.165) is 12.4 Å². The zero-order chi connectivity index (χ0) is 15.6. The summed E-state index contributed by atoms with van der Waals surface area (Å²) < 4.78 is 30.3. The Bertz CT molecular complexity index is 545. The van der Waals surface area contributed by atoms with Crippen molar-refractivity contribution in [2.45, 2.75) is 43.2 Å². The molecule has 1 aromatic heterocycles. The molecule has 2 rings (SSSR count). The van der Waals surface area contributed by atoms with Gasteiger partial charge in [0.25, 0.3) is 0 Å². The Labute approximate surface area is 125 Å². The van der Waals surface area contributed by atoms with Crippen LogP contribution >= 0.6 is 0 Å². The third kappa shape index (κ3) is 4.20. The predicted octanol–water partition coefficient (Wildman–Crippen LogP) is 1.73. The molecule has 21 heavy (non-hydrogen) atoms. The highest BCUT2D eigenvalue weighted by atomic mass is 32.2. The number of likely N-dealkylation sites (tertiary alicyclic amines) is 1. The first-order chi connectivity index (χ1) is 9.76. The number of rotatable bonds is 2. The van der Waals surface area contributed by atoms with Crippen LogP contribution in [0.3, 0.4) is 0 Å². The molecule has 1 aromatic rings. The molecule has 1 fully saturated rings. The summed E-state index contributed by atoms with van der Waals surface area (Å²) in [6.07, 6.45) is 2.14. The smallest absolute Gasteiger partial charge is 0.410 e. The second-order valence-electron chi connectivity index (χ2n) is 5.82. The van der Waals surface area contributed by atoms with Gasteiger partial charge in [0.2, 0.25) is 5.16 Å². The lowest BCUT2D eigenvalue weighted by Gasteiger charge is -2.24. The average Bonchev–Trinajstić information content (AvgIpc) is 2.86. The van der Waals surface area contributed by atoms with E-state index in [1.54, 1.807) is 20.8 Å². The van der Waals surface area contributed by atoms with E-state index in [2.05, 4.69) is 9.97 Å². The maximum Gasteiger partial charge on any atom is 0.410 e. The van der Waals surface area contributed by atoms with Gasteiger partial charge >= 0.3 is 6.09 Å². The van der Waals surface area contributed by atoms with Crippen molar-refractivity contribution in [1.29, 1.82) is 0 Å². The Hall–Kier alpha value is -1.57. The minimum Gasteiger partial charge on any atom is -0.444 e. The molecule has 1 amide bonds. The van der Waals surface area contributed by atoms with Crippen LogP contribution in [-0.4, -0.2) is 49.1 Å². The molecule has 1 saturated heterocycles. The third-order valence-corrected chi connectivity index (χ3v) is 4.44. The van der Waals surface area contributed by atoms with Gasteiger partial charge in [-0.1, -0.05) is 0 Å². The van der Waals surface area contributed by atoms with E-state index >= 15 is 0 Å². The Morgan fingerprint density at radius 3 is 2.62 bits per heavy atom. The van der Waals surface area contributed by atoms with Crippen LogP contribution in [0.15, 0.2) is 17.6 Å². The minimum atomic E-state index is -1.47. The van der Waals surface area contributed by atoms with E-state index in [1.807, 2.05) is 0 Å². The number of carbonyl (C=O) groups excluding carboxylic acids is 1. The summed E-state index contributed by atoms with van der Waals surface area (Å²) in [5, 5.41) is -0.171. The molecule has 2 atom stereocenters. The van der Waals surface area contributed by atoms with Crippen LogP contribution in [-0.2, 0) is 15.5 Å². The first-order valence-electron chi connectivity index (χ1n) is 6.62. The Morgan fingerprint density at radius 1 is 1.43 bits per heavy atom. The topological polar surface area (TPSA) is 72.4 Å². The van der Waals surface area contributed by atoms with Gasteiger partial charge in [0.05, 0.1) is 28.4 Å². The van der Waals surface area contributed by atoms with Gasteiger partial charge in [-0.15, -0.1) is 0 Å². The minimum absolute atomic E-state index is 0.0902. The van der Waals surface area contributed by atoms with Crippen molar-refractivity contribution in [3.63, 3.8) is 0 Å². The van der Waals surface area contributed by atoms with Gasteiger partial charge < -0.3 is 9.64 Å². The fourth-order valence-electron chi connectivity index (χ4n) is 1.95. The van der Waals surface area contributed by atoms with Gasteiger partial charge in [-0.05, 0) is 27.2 Å². The first-order valence-corrected chi connectivity index (χ1v) is 7.83. The van der Waals surface area contributed by atoms with Crippen molar-refractivity contribution in [2.24, 2.45) is 0 Å². The lowest BCUT2D eigenvalue weighted by Crippen LogP contribution is -2.36. The van der Waals surface area contributed by atoms with Crippen LogP contribution in [0.1, 0.15) is 27.2 Å². The highest BCUT2D eigenvalue weighted by Crippen LogP contribution is 2.20. The van der Waals surface area contributed by atoms with E-state index < -0.39 is 28.3 Å². The van der Waals surface area contributed by atoms with Crippen LogP contribution in [0.5, 0.6) is 0 Å². The maximum absolute atomic E-state index is 12.8. The number of amides is 1. The highest BCUT2D eigenvalue weighted by molar-refractivity contribution is 7.85.